The largest absolute Gasteiger partial charge is 0.496 e. The molecule has 0 saturated heterocycles. The molecule has 62 heavy (non-hydrogen) atoms. The van der Waals surface area contributed by atoms with Gasteiger partial charge in [-0.1, -0.05) is 86.2 Å². The first-order chi connectivity index (χ1) is 30.3. The number of likely N-dealkylation sites (N-methyl/N-ethyl adjacent to an activating group) is 1. The average Bonchev–Trinajstić information content (AvgIpc) is 3.83. The molecule has 7 rings (SSSR count). The molecule has 3 aromatic rings. The summed E-state index contributed by atoms with van der Waals surface area (Å²) in [7, 11) is 3.40. The van der Waals surface area contributed by atoms with Gasteiger partial charge in [0.05, 0.1) is 30.9 Å². The topological polar surface area (TPSA) is 136 Å². The van der Waals surface area contributed by atoms with E-state index in [1.165, 1.54) is 32.8 Å². The molecule has 3 aliphatic carbocycles. The summed E-state index contributed by atoms with van der Waals surface area (Å²) >= 11 is 0. The number of aliphatic hydroxyl groups excluding tert-OH is 2. The summed E-state index contributed by atoms with van der Waals surface area (Å²) < 4.78 is 26.3. The van der Waals surface area contributed by atoms with Crippen LogP contribution in [0.2, 0.25) is 0 Å². The minimum atomic E-state index is -1.32. The van der Waals surface area contributed by atoms with Gasteiger partial charge in [-0.25, -0.2) is 0 Å². The van der Waals surface area contributed by atoms with Crippen LogP contribution in [0.5, 0.6) is 23.0 Å². The van der Waals surface area contributed by atoms with E-state index in [0.717, 1.165) is 60.8 Å². The number of rotatable bonds is 22. The lowest BCUT2D eigenvalue weighted by atomic mass is 9.55. The van der Waals surface area contributed by atoms with E-state index in [0.29, 0.717) is 60.2 Å². The molecule has 3 aromatic carbocycles. The van der Waals surface area contributed by atoms with Crippen molar-refractivity contribution in [2.24, 2.45) is 28.8 Å². The Balaban J connectivity index is 1.38. The number of hydrogen-bond donors (Lipinski definition) is 2. The lowest BCUT2D eigenvalue weighted by molar-refractivity contribution is -0.255. The van der Waals surface area contributed by atoms with E-state index in [4.69, 9.17) is 28.9 Å². The average molecular weight is 849 g/mol. The molecule has 332 valence electrons. The van der Waals surface area contributed by atoms with E-state index < -0.39 is 17.7 Å². The van der Waals surface area contributed by atoms with Gasteiger partial charge in [-0.2, -0.15) is 0 Å². The van der Waals surface area contributed by atoms with Crippen LogP contribution in [0.15, 0.2) is 96.2 Å². The fraction of sp³-hybridized carbons (Fsp3) is 0.510. The van der Waals surface area contributed by atoms with Crippen molar-refractivity contribution < 1.29 is 43.6 Å². The molecule has 0 aromatic heterocycles. The van der Waals surface area contributed by atoms with Gasteiger partial charge >= 0.3 is 0 Å². The summed E-state index contributed by atoms with van der Waals surface area (Å²) in [6.45, 7) is 4.72. The number of aliphatic hydroxyl groups is 2. The number of oxime groups is 1. The van der Waals surface area contributed by atoms with E-state index in [2.05, 4.69) is 12.7 Å². The number of hydrogen-bond acceptors (Lipinski definition) is 10. The fourth-order valence-corrected chi connectivity index (χ4v) is 10.5. The first kappa shape index (κ1) is 45.1. The van der Waals surface area contributed by atoms with Crippen LogP contribution in [0.25, 0.3) is 0 Å². The number of unbranched alkanes of at least 4 members (excludes halogenated alkanes) is 2. The van der Waals surface area contributed by atoms with Crippen LogP contribution in [0, 0.1) is 23.7 Å². The van der Waals surface area contributed by atoms with Crippen molar-refractivity contribution in [3.8, 4) is 23.0 Å². The number of aldehydes is 1. The fourth-order valence-electron chi connectivity index (χ4n) is 10.5. The first-order valence-electron chi connectivity index (χ1n) is 22.6. The third-order valence-corrected chi connectivity index (χ3v) is 13.6. The van der Waals surface area contributed by atoms with Crippen molar-refractivity contribution in [2.75, 3.05) is 34.0 Å². The van der Waals surface area contributed by atoms with Crippen LogP contribution in [-0.4, -0.2) is 78.8 Å². The Morgan fingerprint density at radius 2 is 1.71 bits per heavy atom. The van der Waals surface area contributed by atoms with Gasteiger partial charge < -0.3 is 38.9 Å². The molecule has 0 radical (unpaired) electrons. The highest BCUT2D eigenvalue weighted by molar-refractivity contribution is 6.03. The van der Waals surface area contributed by atoms with Crippen LogP contribution in [0.4, 0.5) is 0 Å². The molecule has 11 heteroatoms. The van der Waals surface area contributed by atoms with Gasteiger partial charge in [0.1, 0.15) is 35.6 Å². The summed E-state index contributed by atoms with van der Waals surface area (Å²) in [6, 6.07) is 20.4. The summed E-state index contributed by atoms with van der Waals surface area (Å²) in [4.78, 5) is 34.4. The third kappa shape index (κ3) is 9.96. The number of methoxy groups -OCH3 is 1. The van der Waals surface area contributed by atoms with Crippen molar-refractivity contribution in [3.05, 3.63) is 108 Å². The molecular weight excluding hydrogens is 785 g/mol. The number of nitrogens with zero attached hydrogens (tertiary/aromatic N) is 2. The maximum atomic E-state index is 14.4. The van der Waals surface area contributed by atoms with Gasteiger partial charge in [0, 0.05) is 44.6 Å². The second-order valence-corrected chi connectivity index (χ2v) is 17.3. The van der Waals surface area contributed by atoms with E-state index >= 15 is 0 Å². The Hall–Kier alpha value is -4.97. The molecule has 1 aliphatic heterocycles. The Morgan fingerprint density at radius 3 is 2.44 bits per heavy atom. The Kier molecular flexibility index (Phi) is 15.6. The Bertz CT molecular complexity index is 2050. The Morgan fingerprint density at radius 1 is 0.968 bits per heavy atom. The zero-order valence-corrected chi connectivity index (χ0v) is 36.4. The first-order valence-corrected chi connectivity index (χ1v) is 22.6. The van der Waals surface area contributed by atoms with Crippen LogP contribution >= 0.6 is 0 Å². The lowest BCUT2D eigenvalue weighted by Crippen LogP contribution is -2.69. The minimum Gasteiger partial charge on any atom is -0.496 e. The standard InChI is InChI=1S/C51H64N2O9/c1-4-28-59-51-47(53(2)48(57)25-20-35-14-8-9-15-35)32-44(52-60-34-36-16-6-5-7-17-36)42-30-37(18-10-12-26-54)41(19-11-13-27-55)49(50(42)51)43-31-40(22-24-46(43)62-51)61-39-21-23-45(58-3)38(29-39)33-56/h4-7,16-17,21-24,29-31,33,35,37,41,47,49-50,54-55H,1,8-15,18-20,25-28,32,34H2,2-3H3/t37-,41+,47-,49+,50+,51+/m0/s1. The van der Waals surface area contributed by atoms with Crippen molar-refractivity contribution in [3.63, 3.8) is 0 Å². The predicted octanol–water partition coefficient (Wildman–Crippen LogP) is 9.56. The molecule has 0 spiro atoms. The number of carbonyl (C=O) groups is 2. The van der Waals surface area contributed by atoms with Crippen LogP contribution in [0.3, 0.4) is 0 Å². The molecule has 11 nitrogen and oxygen atoms in total. The molecule has 6 atom stereocenters. The highest BCUT2D eigenvalue weighted by Gasteiger charge is 2.65. The van der Waals surface area contributed by atoms with Crippen LogP contribution in [-0.2, 0) is 21.0 Å². The summed E-state index contributed by atoms with van der Waals surface area (Å²) in [5.41, 5.74) is 4.05. The summed E-state index contributed by atoms with van der Waals surface area (Å²) in [5, 5.41) is 24.8. The van der Waals surface area contributed by atoms with Gasteiger partial charge in [-0.3, -0.25) is 9.59 Å². The molecule has 2 N–H and O–H groups in total. The van der Waals surface area contributed by atoms with Gasteiger partial charge in [0.25, 0.3) is 0 Å². The number of benzene rings is 3. The van der Waals surface area contributed by atoms with Crippen molar-refractivity contribution >= 4 is 17.9 Å². The summed E-state index contributed by atoms with van der Waals surface area (Å²) in [5.74, 6) is 0.966. The predicted molar refractivity (Wildman–Crippen MR) is 239 cm³/mol. The maximum Gasteiger partial charge on any atom is 0.239 e. The summed E-state index contributed by atoms with van der Waals surface area (Å²) in [6.07, 6.45) is 15.9. The zero-order chi connectivity index (χ0) is 43.5. The van der Waals surface area contributed by atoms with Gasteiger partial charge in [-0.05, 0) is 97.4 Å². The quantitative estimate of drug-likeness (QED) is 0.0439. The van der Waals surface area contributed by atoms with Gasteiger partial charge in [-0.15, -0.1) is 6.58 Å². The van der Waals surface area contributed by atoms with Gasteiger partial charge in [0.15, 0.2) is 6.29 Å². The van der Waals surface area contributed by atoms with E-state index in [9.17, 15) is 19.8 Å². The SMILES string of the molecule is C=CCO[C@@]12Oc3ccc(Oc4ccc(OC)c(C=O)c4)cc3[C@H]3[C@H](CCCCO)[C@@H](CCCCO)C=C(C(=NOCc4ccccc4)C[C@@H]1N(C)C(=O)CCC1CCCC1)[C@H]32. The highest BCUT2D eigenvalue weighted by Crippen LogP contribution is 2.62. The number of allylic oxidation sites excluding steroid dienone is 1. The number of fused-ring (bicyclic) bond motifs is 2. The normalized spacial score (nSPS) is 24.6. The van der Waals surface area contributed by atoms with Crippen LogP contribution < -0.4 is 14.2 Å². The molecule has 4 aliphatic rings. The monoisotopic (exact) mass is 848 g/mol. The highest BCUT2D eigenvalue weighted by atomic mass is 16.7. The van der Waals surface area contributed by atoms with Crippen LogP contribution in [0.1, 0.15) is 111 Å². The molecule has 0 unspecified atom stereocenters. The zero-order valence-electron chi connectivity index (χ0n) is 36.4. The van der Waals surface area contributed by atoms with E-state index in [1.54, 1.807) is 24.3 Å². The molecule has 1 heterocycles. The maximum absolute atomic E-state index is 14.4. The number of carbonyl (C=O) groups excluding carboxylic acids is 2. The van der Waals surface area contributed by atoms with E-state index in [-0.39, 0.29) is 50.1 Å². The molecule has 2 fully saturated rings. The smallest absolute Gasteiger partial charge is 0.239 e. The molecular formula is C51H64N2O9. The molecule has 2 saturated carbocycles. The second kappa shape index (κ2) is 21.4. The van der Waals surface area contributed by atoms with E-state index in [1.807, 2.05) is 60.5 Å². The molecule has 1 amide bonds. The minimum absolute atomic E-state index is 0.0431. The van der Waals surface area contributed by atoms with Crippen molar-refractivity contribution in [1.29, 1.82) is 0 Å². The lowest BCUT2D eigenvalue weighted by Gasteiger charge is -2.59. The third-order valence-electron chi connectivity index (χ3n) is 13.6. The van der Waals surface area contributed by atoms with Gasteiger partial charge in [0.2, 0.25) is 11.7 Å². The van der Waals surface area contributed by atoms with Crippen molar-refractivity contribution in [1.82, 2.24) is 4.90 Å². The Labute approximate surface area is 366 Å². The second-order valence-electron chi connectivity index (χ2n) is 17.3. The number of amides is 1. The number of ether oxygens (including phenoxy) is 4. The van der Waals surface area contributed by atoms with Crippen molar-refractivity contribution in [2.45, 2.75) is 108 Å². The molecule has 0 bridgehead atoms.